The van der Waals surface area contributed by atoms with E-state index in [1.54, 1.807) is 19.6 Å². The Labute approximate surface area is 143 Å². The maximum Gasteiger partial charge on any atom is 0.358 e. The molecule has 0 saturated carbocycles. The third-order valence-electron chi connectivity index (χ3n) is 3.51. The van der Waals surface area contributed by atoms with Gasteiger partial charge in [-0.25, -0.2) is 9.78 Å². The lowest BCUT2D eigenvalue weighted by molar-refractivity contribution is 0.0466. The molecule has 0 amide bonds. The third-order valence-corrected chi connectivity index (χ3v) is 4.33. The molecule has 1 heterocycles. The van der Waals surface area contributed by atoms with Crippen LogP contribution in [0.3, 0.4) is 0 Å². The first-order valence-corrected chi connectivity index (χ1v) is 8.24. The van der Waals surface area contributed by atoms with Gasteiger partial charge in [-0.2, -0.15) is 0 Å². The molecular weight excluding hydrogens is 326 g/mol. The molecule has 3 rings (SSSR count). The van der Waals surface area contributed by atoms with E-state index in [2.05, 4.69) is 4.98 Å². The summed E-state index contributed by atoms with van der Waals surface area (Å²) in [5, 5.41) is 4.58. The van der Waals surface area contributed by atoms with Crippen molar-refractivity contribution in [2.45, 2.75) is 13.2 Å². The monoisotopic (exact) mass is 343 g/mol. The van der Waals surface area contributed by atoms with Crippen LogP contribution in [0, 0.1) is 0 Å². The van der Waals surface area contributed by atoms with Crippen LogP contribution in [0.5, 0.6) is 5.75 Å². The minimum Gasteiger partial charge on any atom is -0.497 e. The van der Waals surface area contributed by atoms with Gasteiger partial charge in [0.05, 0.1) is 13.7 Å². The molecule has 3 aromatic rings. The maximum absolute atomic E-state index is 12.0. The van der Waals surface area contributed by atoms with Crippen LogP contribution in [0.15, 0.2) is 41.8 Å². The Morgan fingerprint density at radius 3 is 2.67 bits per heavy atom. The molecule has 0 radical (unpaired) electrons. The molecule has 2 aromatic carbocycles. The number of thiazole rings is 1. The largest absolute Gasteiger partial charge is 0.497 e. The molecule has 0 atom stereocenters. The number of hydrogen-bond donors (Lipinski definition) is 0. The van der Waals surface area contributed by atoms with Crippen molar-refractivity contribution in [1.82, 2.24) is 4.98 Å². The minimum atomic E-state index is -0.427. The molecular formula is C18H17NO4S. The fraction of sp³-hybridized carbons (Fsp3) is 0.222. The standard InChI is InChI=1S/C18H17NO4S/c1-21-10-17-19-16(11-24-17)18(20)23-9-12-3-4-14-8-15(22-2)6-5-13(14)7-12/h3-8,11H,9-10H2,1-2H3. The van der Waals surface area contributed by atoms with Gasteiger partial charge in [-0.05, 0) is 34.5 Å². The van der Waals surface area contributed by atoms with Crippen LogP contribution in [0.25, 0.3) is 10.8 Å². The van der Waals surface area contributed by atoms with Gasteiger partial charge in [0, 0.05) is 12.5 Å². The minimum absolute atomic E-state index is 0.206. The third kappa shape index (κ3) is 3.72. The molecule has 0 aliphatic rings. The first kappa shape index (κ1) is 16.4. The van der Waals surface area contributed by atoms with Gasteiger partial charge in [0.1, 0.15) is 17.4 Å². The second-order valence-corrected chi connectivity index (χ2v) is 6.13. The maximum atomic E-state index is 12.0. The highest BCUT2D eigenvalue weighted by atomic mass is 32.1. The second kappa shape index (κ2) is 7.42. The number of carbonyl (C=O) groups is 1. The summed E-state index contributed by atoms with van der Waals surface area (Å²) in [6.45, 7) is 0.601. The predicted molar refractivity (Wildman–Crippen MR) is 92.4 cm³/mol. The molecule has 0 aliphatic heterocycles. The van der Waals surface area contributed by atoms with Crippen molar-refractivity contribution in [1.29, 1.82) is 0 Å². The summed E-state index contributed by atoms with van der Waals surface area (Å²) in [5.74, 6) is 0.389. The number of benzene rings is 2. The Hall–Kier alpha value is -2.44. The SMILES string of the molecule is COCc1nc(C(=O)OCc2ccc3cc(OC)ccc3c2)cs1. The number of carbonyl (C=O) groups excluding carboxylic acids is 1. The fourth-order valence-electron chi connectivity index (χ4n) is 2.31. The van der Waals surface area contributed by atoms with Gasteiger partial charge >= 0.3 is 5.97 Å². The second-order valence-electron chi connectivity index (χ2n) is 5.18. The molecule has 0 unspecified atom stereocenters. The molecule has 0 spiro atoms. The number of fused-ring (bicyclic) bond motifs is 1. The van der Waals surface area contributed by atoms with Crippen LogP contribution in [0.2, 0.25) is 0 Å². The molecule has 1 aromatic heterocycles. The lowest BCUT2D eigenvalue weighted by Gasteiger charge is -2.06. The lowest BCUT2D eigenvalue weighted by Crippen LogP contribution is -2.06. The molecule has 0 bridgehead atoms. The smallest absolute Gasteiger partial charge is 0.358 e. The van der Waals surface area contributed by atoms with Crippen molar-refractivity contribution < 1.29 is 19.0 Å². The Kier molecular flexibility index (Phi) is 5.08. The molecule has 0 aliphatic carbocycles. The average Bonchev–Trinajstić information content (AvgIpc) is 3.08. The fourth-order valence-corrected chi connectivity index (χ4v) is 3.04. The van der Waals surface area contributed by atoms with E-state index in [4.69, 9.17) is 14.2 Å². The first-order valence-electron chi connectivity index (χ1n) is 7.37. The topological polar surface area (TPSA) is 57.7 Å². The van der Waals surface area contributed by atoms with Crippen LogP contribution < -0.4 is 4.74 Å². The summed E-state index contributed by atoms with van der Waals surface area (Å²) in [6, 6.07) is 11.8. The van der Waals surface area contributed by atoms with Crippen molar-refractivity contribution in [3.8, 4) is 5.75 Å². The van der Waals surface area contributed by atoms with E-state index in [0.717, 1.165) is 27.1 Å². The number of methoxy groups -OCH3 is 2. The predicted octanol–water partition coefficient (Wildman–Crippen LogP) is 3.81. The zero-order valence-electron chi connectivity index (χ0n) is 13.4. The van der Waals surface area contributed by atoms with Gasteiger partial charge in [-0.3, -0.25) is 0 Å². The molecule has 0 fully saturated rings. The van der Waals surface area contributed by atoms with E-state index < -0.39 is 5.97 Å². The van der Waals surface area contributed by atoms with Crippen LogP contribution in [0.1, 0.15) is 21.1 Å². The van der Waals surface area contributed by atoms with Crippen molar-refractivity contribution in [2.75, 3.05) is 14.2 Å². The van der Waals surface area contributed by atoms with Crippen molar-refractivity contribution >= 4 is 28.1 Å². The summed E-state index contributed by atoms with van der Waals surface area (Å²) < 4.78 is 15.5. The Bertz CT molecular complexity index is 859. The number of rotatable bonds is 6. The lowest BCUT2D eigenvalue weighted by atomic mass is 10.1. The molecule has 5 nitrogen and oxygen atoms in total. The molecule has 124 valence electrons. The van der Waals surface area contributed by atoms with E-state index in [1.807, 2.05) is 36.4 Å². The zero-order chi connectivity index (χ0) is 16.9. The van der Waals surface area contributed by atoms with Crippen molar-refractivity contribution in [2.24, 2.45) is 0 Å². The Morgan fingerprint density at radius 1 is 1.08 bits per heavy atom. The van der Waals surface area contributed by atoms with E-state index in [1.165, 1.54) is 11.3 Å². The highest BCUT2D eigenvalue weighted by Gasteiger charge is 2.12. The van der Waals surface area contributed by atoms with Gasteiger partial charge in [-0.1, -0.05) is 18.2 Å². The Morgan fingerprint density at radius 2 is 1.88 bits per heavy atom. The van der Waals surface area contributed by atoms with Gasteiger partial charge in [0.15, 0.2) is 5.69 Å². The highest BCUT2D eigenvalue weighted by molar-refractivity contribution is 7.09. The summed E-state index contributed by atoms with van der Waals surface area (Å²) in [7, 11) is 3.24. The summed E-state index contributed by atoms with van der Waals surface area (Å²) in [5.41, 5.74) is 1.24. The molecule has 6 heteroatoms. The van der Waals surface area contributed by atoms with Gasteiger partial charge < -0.3 is 14.2 Å². The Balaban J connectivity index is 1.67. The summed E-state index contributed by atoms with van der Waals surface area (Å²) in [4.78, 5) is 16.2. The molecule has 0 saturated heterocycles. The quantitative estimate of drug-likeness (QED) is 0.637. The van der Waals surface area contributed by atoms with Gasteiger partial charge in [-0.15, -0.1) is 11.3 Å². The van der Waals surface area contributed by atoms with Crippen LogP contribution >= 0.6 is 11.3 Å². The number of nitrogens with zero attached hydrogens (tertiary/aromatic N) is 1. The number of ether oxygens (including phenoxy) is 3. The highest BCUT2D eigenvalue weighted by Crippen LogP contribution is 2.22. The molecule has 0 N–H and O–H groups in total. The summed E-state index contributed by atoms with van der Waals surface area (Å²) >= 11 is 1.38. The van der Waals surface area contributed by atoms with E-state index in [0.29, 0.717) is 12.3 Å². The van der Waals surface area contributed by atoms with E-state index in [9.17, 15) is 4.79 Å². The van der Waals surface area contributed by atoms with Crippen LogP contribution in [-0.4, -0.2) is 25.2 Å². The number of hydrogen-bond acceptors (Lipinski definition) is 6. The molecule has 24 heavy (non-hydrogen) atoms. The zero-order valence-corrected chi connectivity index (χ0v) is 14.3. The van der Waals surface area contributed by atoms with E-state index >= 15 is 0 Å². The van der Waals surface area contributed by atoms with Crippen molar-refractivity contribution in [3.05, 3.63) is 58.0 Å². The van der Waals surface area contributed by atoms with Crippen LogP contribution in [0.4, 0.5) is 0 Å². The van der Waals surface area contributed by atoms with Crippen molar-refractivity contribution in [3.63, 3.8) is 0 Å². The number of aromatic nitrogens is 1. The average molecular weight is 343 g/mol. The van der Waals surface area contributed by atoms with Gasteiger partial charge in [0.25, 0.3) is 0 Å². The normalized spacial score (nSPS) is 10.8. The van der Waals surface area contributed by atoms with E-state index in [-0.39, 0.29) is 6.61 Å². The van der Waals surface area contributed by atoms with Crippen LogP contribution in [-0.2, 0) is 22.7 Å². The number of esters is 1. The van der Waals surface area contributed by atoms with Gasteiger partial charge in [0.2, 0.25) is 0 Å². The first-order chi connectivity index (χ1) is 11.7. The summed E-state index contributed by atoms with van der Waals surface area (Å²) in [6.07, 6.45) is 0.